The van der Waals surface area contributed by atoms with Crippen LogP contribution in [0, 0.1) is 11.8 Å². The first kappa shape index (κ1) is 12.8. The van der Waals surface area contributed by atoms with Crippen LogP contribution in [0.1, 0.15) is 33.1 Å². The third-order valence-corrected chi connectivity index (χ3v) is 3.70. The van der Waals surface area contributed by atoms with Gasteiger partial charge in [-0.3, -0.25) is 4.79 Å². The van der Waals surface area contributed by atoms with Crippen LogP contribution >= 0.6 is 0 Å². The Bertz CT molecular complexity index is 269. The van der Waals surface area contributed by atoms with E-state index in [1.807, 2.05) is 0 Å². The SMILES string of the molecule is CC1CC(C)CN(CC(NC2CC2)C(=O)O)C1. The molecule has 0 radical (unpaired) electrons. The molecule has 0 amide bonds. The molecule has 4 heteroatoms. The first-order valence-corrected chi connectivity index (χ1v) is 6.75. The summed E-state index contributed by atoms with van der Waals surface area (Å²) >= 11 is 0. The number of piperidine rings is 1. The second-order valence-electron chi connectivity index (χ2n) is 6.00. The topological polar surface area (TPSA) is 52.6 Å². The monoisotopic (exact) mass is 240 g/mol. The van der Waals surface area contributed by atoms with Crippen LogP contribution in [0.5, 0.6) is 0 Å². The van der Waals surface area contributed by atoms with Crippen molar-refractivity contribution in [3.63, 3.8) is 0 Å². The maximum absolute atomic E-state index is 11.2. The summed E-state index contributed by atoms with van der Waals surface area (Å²) in [4.78, 5) is 13.5. The van der Waals surface area contributed by atoms with E-state index in [9.17, 15) is 9.90 Å². The van der Waals surface area contributed by atoms with Gasteiger partial charge in [0.1, 0.15) is 6.04 Å². The van der Waals surface area contributed by atoms with Gasteiger partial charge in [0.05, 0.1) is 0 Å². The Kier molecular flexibility index (Phi) is 4.05. The van der Waals surface area contributed by atoms with Crippen LogP contribution in [0.3, 0.4) is 0 Å². The summed E-state index contributed by atoms with van der Waals surface area (Å²) < 4.78 is 0. The van der Waals surface area contributed by atoms with E-state index in [1.165, 1.54) is 6.42 Å². The Balaban J connectivity index is 1.85. The van der Waals surface area contributed by atoms with Gasteiger partial charge in [-0.1, -0.05) is 13.8 Å². The highest BCUT2D eigenvalue weighted by molar-refractivity contribution is 5.73. The fraction of sp³-hybridized carbons (Fsp3) is 0.923. The van der Waals surface area contributed by atoms with Crippen LogP contribution in [0.15, 0.2) is 0 Å². The minimum absolute atomic E-state index is 0.389. The predicted molar refractivity (Wildman–Crippen MR) is 67.0 cm³/mol. The molecule has 0 aromatic carbocycles. The molecule has 0 spiro atoms. The highest BCUT2D eigenvalue weighted by Crippen LogP contribution is 2.22. The number of carboxylic acid groups (broad SMARTS) is 1. The maximum Gasteiger partial charge on any atom is 0.322 e. The zero-order valence-electron chi connectivity index (χ0n) is 10.9. The third kappa shape index (κ3) is 3.96. The van der Waals surface area contributed by atoms with E-state index in [4.69, 9.17) is 0 Å². The molecule has 1 saturated heterocycles. The van der Waals surface area contributed by atoms with E-state index in [1.54, 1.807) is 0 Å². The van der Waals surface area contributed by atoms with Gasteiger partial charge in [-0.25, -0.2) is 0 Å². The number of nitrogens with zero attached hydrogens (tertiary/aromatic N) is 1. The van der Waals surface area contributed by atoms with Crippen molar-refractivity contribution in [2.75, 3.05) is 19.6 Å². The minimum Gasteiger partial charge on any atom is -0.480 e. The largest absolute Gasteiger partial charge is 0.480 e. The zero-order chi connectivity index (χ0) is 12.4. The molecular formula is C13H24N2O2. The Morgan fingerprint density at radius 2 is 1.94 bits per heavy atom. The van der Waals surface area contributed by atoms with Crippen LogP contribution in [-0.2, 0) is 4.79 Å². The molecule has 98 valence electrons. The molecule has 1 heterocycles. The normalized spacial score (nSPS) is 32.4. The highest BCUT2D eigenvalue weighted by Gasteiger charge is 2.31. The molecule has 1 aliphatic carbocycles. The second-order valence-corrected chi connectivity index (χ2v) is 6.00. The summed E-state index contributed by atoms with van der Waals surface area (Å²) in [6, 6.07) is 0.0655. The van der Waals surface area contributed by atoms with Crippen LogP contribution in [0.2, 0.25) is 0 Å². The Morgan fingerprint density at radius 3 is 2.41 bits per heavy atom. The first-order valence-electron chi connectivity index (χ1n) is 6.75. The van der Waals surface area contributed by atoms with E-state index in [2.05, 4.69) is 24.1 Å². The van der Waals surface area contributed by atoms with Gasteiger partial charge < -0.3 is 15.3 Å². The molecule has 1 aliphatic heterocycles. The van der Waals surface area contributed by atoms with Crippen LogP contribution in [-0.4, -0.2) is 47.7 Å². The Hall–Kier alpha value is -0.610. The zero-order valence-corrected chi connectivity index (χ0v) is 10.9. The van der Waals surface area contributed by atoms with Crippen LogP contribution in [0.25, 0.3) is 0 Å². The number of hydrogen-bond acceptors (Lipinski definition) is 3. The molecule has 4 nitrogen and oxygen atoms in total. The van der Waals surface area contributed by atoms with Crippen molar-refractivity contribution in [2.24, 2.45) is 11.8 Å². The van der Waals surface area contributed by atoms with Gasteiger partial charge in [-0.15, -0.1) is 0 Å². The lowest BCUT2D eigenvalue weighted by Gasteiger charge is -2.36. The summed E-state index contributed by atoms with van der Waals surface area (Å²) in [7, 11) is 0. The average Bonchev–Trinajstić information content (AvgIpc) is 2.98. The predicted octanol–water partition coefficient (Wildman–Crippen LogP) is 1.17. The standard InChI is InChI=1S/C13H24N2O2/c1-9-5-10(2)7-15(6-9)8-12(13(16)17)14-11-3-4-11/h9-12,14H,3-8H2,1-2H3,(H,16,17). The number of likely N-dealkylation sites (tertiary alicyclic amines) is 1. The minimum atomic E-state index is -0.706. The van der Waals surface area contributed by atoms with Crippen LogP contribution < -0.4 is 5.32 Å². The summed E-state index contributed by atoms with van der Waals surface area (Å²) in [5.41, 5.74) is 0. The highest BCUT2D eigenvalue weighted by atomic mass is 16.4. The Morgan fingerprint density at radius 1 is 1.35 bits per heavy atom. The van der Waals surface area contributed by atoms with E-state index in [-0.39, 0.29) is 6.04 Å². The van der Waals surface area contributed by atoms with Gasteiger partial charge in [-0.05, 0) is 31.1 Å². The van der Waals surface area contributed by atoms with Gasteiger partial charge in [0.15, 0.2) is 0 Å². The van der Waals surface area contributed by atoms with Crippen molar-refractivity contribution in [3.8, 4) is 0 Å². The summed E-state index contributed by atoms with van der Waals surface area (Å²) in [5.74, 6) is 0.672. The van der Waals surface area contributed by atoms with Crippen molar-refractivity contribution in [1.29, 1.82) is 0 Å². The van der Waals surface area contributed by atoms with Crippen molar-refractivity contribution in [3.05, 3.63) is 0 Å². The fourth-order valence-electron chi connectivity index (χ4n) is 2.94. The second kappa shape index (κ2) is 5.36. The number of rotatable bonds is 5. The third-order valence-electron chi connectivity index (χ3n) is 3.70. The molecule has 2 aliphatic rings. The summed E-state index contributed by atoms with van der Waals surface area (Å²) in [6.45, 7) is 7.25. The average molecular weight is 240 g/mol. The molecule has 0 bridgehead atoms. The van der Waals surface area contributed by atoms with E-state index >= 15 is 0 Å². The number of nitrogens with one attached hydrogen (secondary N) is 1. The van der Waals surface area contributed by atoms with E-state index in [0.717, 1.165) is 25.9 Å². The van der Waals surface area contributed by atoms with Gasteiger partial charge in [0.25, 0.3) is 0 Å². The number of carboxylic acids is 1. The molecule has 2 fully saturated rings. The molecule has 2 rings (SSSR count). The quantitative estimate of drug-likeness (QED) is 0.757. The van der Waals surface area contributed by atoms with Gasteiger partial charge in [-0.2, -0.15) is 0 Å². The lowest BCUT2D eigenvalue weighted by molar-refractivity contribution is -0.140. The van der Waals surface area contributed by atoms with Gasteiger partial charge >= 0.3 is 5.97 Å². The van der Waals surface area contributed by atoms with Crippen molar-refractivity contribution < 1.29 is 9.90 Å². The summed E-state index contributed by atoms with van der Waals surface area (Å²) in [6.07, 6.45) is 3.54. The fourth-order valence-corrected chi connectivity index (χ4v) is 2.94. The molecule has 2 N–H and O–H groups in total. The summed E-state index contributed by atoms with van der Waals surface area (Å²) in [5, 5.41) is 12.4. The number of hydrogen-bond donors (Lipinski definition) is 2. The Labute approximate surface area is 103 Å². The van der Waals surface area contributed by atoms with Crippen molar-refractivity contribution in [2.45, 2.75) is 45.2 Å². The maximum atomic E-state index is 11.2. The molecule has 0 aromatic heterocycles. The molecular weight excluding hydrogens is 216 g/mol. The number of carbonyl (C=O) groups is 1. The van der Waals surface area contributed by atoms with Gasteiger partial charge in [0, 0.05) is 25.7 Å². The smallest absolute Gasteiger partial charge is 0.322 e. The van der Waals surface area contributed by atoms with E-state index in [0.29, 0.717) is 24.4 Å². The van der Waals surface area contributed by atoms with Gasteiger partial charge in [0.2, 0.25) is 0 Å². The van der Waals surface area contributed by atoms with E-state index < -0.39 is 5.97 Å². The lowest BCUT2D eigenvalue weighted by Crippen LogP contribution is -2.50. The lowest BCUT2D eigenvalue weighted by atomic mass is 9.91. The molecule has 17 heavy (non-hydrogen) atoms. The molecule has 3 unspecified atom stereocenters. The van der Waals surface area contributed by atoms with Crippen molar-refractivity contribution >= 4 is 5.97 Å². The molecule has 0 aromatic rings. The number of aliphatic carboxylic acids is 1. The molecule has 1 saturated carbocycles. The van der Waals surface area contributed by atoms with Crippen molar-refractivity contribution in [1.82, 2.24) is 10.2 Å². The first-order chi connectivity index (χ1) is 8.04. The van der Waals surface area contributed by atoms with Crippen LogP contribution in [0.4, 0.5) is 0 Å². The molecule has 3 atom stereocenters.